The number of hydrogen-bond acceptors (Lipinski definition) is 3. The number of pyridine rings is 1. The standard InChI is InChI=1S/C18H16N.C17H32O2.Ir/c1-12-4-5-15-6-7-17(19-18(15)11-12)16-9-13(2)8-14(3)10-16;1-5-16(6-2)10-9-12-11-17(7-3,8-4)15(19)13(12)14(16)18;/h4-9,11H,1-3H3;12-15,18-19H,5-11H2,1-4H3;/q-1;;. The largest absolute Gasteiger partial charge is 0.392 e. The van der Waals surface area contributed by atoms with Crippen LogP contribution < -0.4 is 0 Å². The van der Waals surface area contributed by atoms with E-state index in [1.165, 1.54) is 22.9 Å². The molecule has 5 rings (SSSR count). The van der Waals surface area contributed by atoms with E-state index in [1.807, 2.05) is 0 Å². The first-order valence-electron chi connectivity index (χ1n) is 14.9. The molecule has 0 bridgehead atoms. The van der Waals surface area contributed by atoms with Crippen LogP contribution in [0.2, 0.25) is 0 Å². The fourth-order valence-electron chi connectivity index (χ4n) is 7.59. The quantitative estimate of drug-likeness (QED) is 0.262. The van der Waals surface area contributed by atoms with Gasteiger partial charge in [0.1, 0.15) is 0 Å². The molecular formula is C35H48IrNO2-. The second kappa shape index (κ2) is 12.9. The van der Waals surface area contributed by atoms with Gasteiger partial charge in [0.15, 0.2) is 0 Å². The van der Waals surface area contributed by atoms with Gasteiger partial charge in [-0.25, -0.2) is 0 Å². The Morgan fingerprint density at radius 2 is 1.44 bits per heavy atom. The average molecular weight is 707 g/mol. The van der Waals surface area contributed by atoms with Gasteiger partial charge in [0.25, 0.3) is 0 Å². The predicted molar refractivity (Wildman–Crippen MR) is 159 cm³/mol. The fourth-order valence-corrected chi connectivity index (χ4v) is 7.59. The zero-order valence-corrected chi connectivity index (χ0v) is 27.4. The number of rotatable bonds is 5. The van der Waals surface area contributed by atoms with Gasteiger partial charge in [-0.2, -0.15) is 0 Å². The van der Waals surface area contributed by atoms with Gasteiger partial charge in [0, 0.05) is 26.0 Å². The molecule has 0 saturated heterocycles. The Bertz CT molecular complexity index is 1220. The number of benzene rings is 2. The number of aliphatic hydroxyl groups is 2. The second-order valence-corrected chi connectivity index (χ2v) is 12.3. The Hall–Kier alpha value is -1.58. The van der Waals surface area contributed by atoms with Gasteiger partial charge in [-0.1, -0.05) is 65.8 Å². The average Bonchev–Trinajstić information content (AvgIpc) is 3.21. The van der Waals surface area contributed by atoms with Crippen molar-refractivity contribution in [1.82, 2.24) is 4.98 Å². The molecule has 0 amide bonds. The summed E-state index contributed by atoms with van der Waals surface area (Å²) in [5, 5.41) is 23.0. The molecule has 2 aliphatic carbocycles. The van der Waals surface area contributed by atoms with Gasteiger partial charge in [0.2, 0.25) is 0 Å². The van der Waals surface area contributed by atoms with Gasteiger partial charge in [-0.3, -0.25) is 4.98 Å². The molecule has 1 aromatic heterocycles. The first kappa shape index (κ1) is 31.9. The summed E-state index contributed by atoms with van der Waals surface area (Å²) in [4.78, 5) is 4.76. The molecule has 0 aliphatic heterocycles. The van der Waals surface area contributed by atoms with Crippen LogP contribution in [0.1, 0.15) is 89.3 Å². The molecule has 215 valence electrons. The SMILES string of the molecule is CCC1(CC)CCC2CC(CC)(CC)C(O)C2C1O.Cc1[c-]c(-c2ccc3ccc(C)cc3n2)cc(C)c1.[Ir]. The van der Waals surface area contributed by atoms with E-state index in [1.54, 1.807) is 0 Å². The van der Waals surface area contributed by atoms with E-state index in [4.69, 9.17) is 4.98 Å². The van der Waals surface area contributed by atoms with Gasteiger partial charge in [-0.05, 0) is 91.3 Å². The van der Waals surface area contributed by atoms with Gasteiger partial charge in [-0.15, -0.1) is 34.9 Å². The number of hydrogen-bond donors (Lipinski definition) is 2. The Morgan fingerprint density at radius 1 is 0.821 bits per heavy atom. The minimum atomic E-state index is -0.309. The number of aromatic nitrogens is 1. The van der Waals surface area contributed by atoms with E-state index in [-0.39, 0.29) is 49.1 Å². The van der Waals surface area contributed by atoms with Crippen molar-refractivity contribution in [2.24, 2.45) is 22.7 Å². The maximum Gasteiger partial charge on any atom is 0.0651 e. The predicted octanol–water partition coefficient (Wildman–Crippen LogP) is 8.38. The molecule has 2 N–H and O–H groups in total. The van der Waals surface area contributed by atoms with Crippen molar-refractivity contribution in [2.45, 2.75) is 106 Å². The van der Waals surface area contributed by atoms with Crippen molar-refractivity contribution in [1.29, 1.82) is 0 Å². The van der Waals surface area contributed by atoms with E-state index in [2.05, 4.69) is 97.0 Å². The summed E-state index contributed by atoms with van der Waals surface area (Å²) in [5.41, 5.74) is 6.86. The molecule has 1 heterocycles. The van der Waals surface area contributed by atoms with Crippen LogP contribution in [0.15, 0.2) is 42.5 Å². The van der Waals surface area contributed by atoms with Crippen molar-refractivity contribution in [3.05, 3.63) is 65.2 Å². The second-order valence-electron chi connectivity index (χ2n) is 12.3. The third kappa shape index (κ3) is 6.20. The Kier molecular flexibility index (Phi) is 10.6. The van der Waals surface area contributed by atoms with Crippen molar-refractivity contribution in [3.63, 3.8) is 0 Å². The fraction of sp³-hybridized carbons (Fsp3) is 0.571. The monoisotopic (exact) mass is 707 g/mol. The van der Waals surface area contributed by atoms with Crippen LogP contribution in [0.3, 0.4) is 0 Å². The van der Waals surface area contributed by atoms with E-state index >= 15 is 0 Å². The number of nitrogens with zero attached hydrogens (tertiary/aromatic N) is 1. The van der Waals surface area contributed by atoms with Crippen LogP contribution in [-0.2, 0) is 20.1 Å². The van der Waals surface area contributed by atoms with Crippen molar-refractivity contribution in [3.8, 4) is 11.3 Å². The van der Waals surface area contributed by atoms with Crippen LogP contribution in [0.25, 0.3) is 22.2 Å². The summed E-state index contributed by atoms with van der Waals surface area (Å²) in [5.74, 6) is 0.657. The molecule has 4 unspecified atom stereocenters. The molecular weight excluding hydrogens is 659 g/mol. The molecule has 2 saturated carbocycles. The number of fused-ring (bicyclic) bond motifs is 2. The normalized spacial score (nSPS) is 24.8. The summed E-state index contributed by atoms with van der Waals surface area (Å²) in [6, 6.07) is 18.2. The van der Waals surface area contributed by atoms with E-state index < -0.39 is 0 Å². The van der Waals surface area contributed by atoms with Crippen molar-refractivity contribution >= 4 is 10.9 Å². The smallest absolute Gasteiger partial charge is 0.0651 e. The zero-order chi connectivity index (χ0) is 27.7. The minimum Gasteiger partial charge on any atom is -0.392 e. The summed E-state index contributed by atoms with van der Waals surface area (Å²) in [7, 11) is 0. The maximum atomic E-state index is 10.9. The maximum absolute atomic E-state index is 10.9. The minimum absolute atomic E-state index is 0. The molecule has 4 atom stereocenters. The Morgan fingerprint density at radius 3 is 2.05 bits per heavy atom. The van der Waals surface area contributed by atoms with Crippen LogP contribution >= 0.6 is 0 Å². The Balaban J connectivity index is 0.000000210. The van der Waals surface area contributed by atoms with Gasteiger partial charge in [0.05, 0.1) is 17.7 Å². The van der Waals surface area contributed by atoms with E-state index in [0.29, 0.717) is 5.92 Å². The third-order valence-electron chi connectivity index (χ3n) is 10.3. The van der Waals surface area contributed by atoms with Crippen molar-refractivity contribution < 1.29 is 30.3 Å². The van der Waals surface area contributed by atoms with Crippen LogP contribution in [0, 0.1) is 49.5 Å². The van der Waals surface area contributed by atoms with Crippen LogP contribution in [0.5, 0.6) is 0 Å². The molecule has 2 aliphatic rings. The molecule has 0 spiro atoms. The summed E-state index contributed by atoms with van der Waals surface area (Å²) < 4.78 is 0. The first-order valence-corrected chi connectivity index (χ1v) is 14.9. The molecule has 39 heavy (non-hydrogen) atoms. The molecule has 3 aromatic rings. The van der Waals surface area contributed by atoms with Gasteiger partial charge < -0.3 is 10.2 Å². The molecule has 2 fully saturated rings. The molecule has 3 nitrogen and oxygen atoms in total. The van der Waals surface area contributed by atoms with Crippen LogP contribution in [0.4, 0.5) is 0 Å². The summed E-state index contributed by atoms with van der Waals surface area (Å²) in [6.45, 7) is 15.1. The number of aliphatic hydroxyl groups excluding tert-OH is 2. The first-order chi connectivity index (χ1) is 18.1. The molecule has 1 radical (unpaired) electrons. The summed E-state index contributed by atoms with van der Waals surface area (Å²) in [6.07, 6.45) is 6.98. The Labute approximate surface area is 250 Å². The van der Waals surface area contributed by atoms with E-state index in [0.717, 1.165) is 60.9 Å². The zero-order valence-electron chi connectivity index (χ0n) is 25.0. The van der Waals surface area contributed by atoms with Crippen LogP contribution in [-0.4, -0.2) is 27.4 Å². The topological polar surface area (TPSA) is 53.4 Å². The summed E-state index contributed by atoms with van der Waals surface area (Å²) >= 11 is 0. The molecule has 2 aromatic carbocycles. The van der Waals surface area contributed by atoms with E-state index in [9.17, 15) is 10.2 Å². The molecule has 4 heteroatoms. The number of aryl methyl sites for hydroxylation is 3. The third-order valence-corrected chi connectivity index (χ3v) is 10.3. The van der Waals surface area contributed by atoms with Gasteiger partial charge >= 0.3 is 0 Å². The van der Waals surface area contributed by atoms with Crippen molar-refractivity contribution in [2.75, 3.05) is 0 Å².